The fourth-order valence-corrected chi connectivity index (χ4v) is 4.33. The van der Waals surface area contributed by atoms with E-state index in [9.17, 15) is 18.0 Å². The lowest BCUT2D eigenvalue weighted by atomic mass is 10.1. The van der Waals surface area contributed by atoms with Crippen LogP contribution in [0, 0.1) is 13.8 Å². The Balaban J connectivity index is 2.37. The average molecular weight is 408 g/mol. The van der Waals surface area contributed by atoms with Gasteiger partial charge in [-0.1, -0.05) is 18.2 Å². The van der Waals surface area contributed by atoms with Gasteiger partial charge in [-0.2, -0.15) is 4.31 Å². The van der Waals surface area contributed by atoms with E-state index >= 15 is 0 Å². The number of hydrogen-bond donors (Lipinski definition) is 1. The van der Waals surface area contributed by atoms with Gasteiger partial charge >= 0.3 is 5.97 Å². The molecular formula is C19H24N2O6S. The number of carbonyl (C=O) groups excluding carboxylic acids is 2. The molecule has 8 nitrogen and oxygen atoms in total. The van der Waals surface area contributed by atoms with Crippen LogP contribution in [0.3, 0.4) is 0 Å². The molecule has 0 amide bonds. The highest BCUT2D eigenvalue weighted by Gasteiger charge is 2.29. The van der Waals surface area contributed by atoms with Gasteiger partial charge in [-0.15, -0.1) is 0 Å². The Morgan fingerprint density at radius 2 is 1.75 bits per heavy atom. The quantitative estimate of drug-likeness (QED) is 0.502. The predicted molar refractivity (Wildman–Crippen MR) is 103 cm³/mol. The molecule has 0 aliphatic carbocycles. The number of nitrogens with zero attached hydrogens (tertiary/aromatic N) is 1. The first-order chi connectivity index (χ1) is 13.2. The second kappa shape index (κ2) is 9.13. The number of sulfonamides is 1. The van der Waals surface area contributed by atoms with Crippen LogP contribution in [0.1, 0.15) is 32.1 Å². The van der Waals surface area contributed by atoms with Crippen molar-refractivity contribution >= 4 is 21.8 Å². The number of ether oxygens (including phenoxy) is 2. The summed E-state index contributed by atoms with van der Waals surface area (Å²) in [4.78, 5) is 27.7. The van der Waals surface area contributed by atoms with E-state index in [0.717, 1.165) is 4.31 Å². The third-order valence-electron chi connectivity index (χ3n) is 4.35. The largest absolute Gasteiger partial charge is 0.464 e. The van der Waals surface area contributed by atoms with Crippen molar-refractivity contribution < 1.29 is 27.5 Å². The lowest BCUT2D eigenvalue weighted by Crippen LogP contribution is -2.38. The number of rotatable bonds is 9. The second-order valence-electron chi connectivity index (χ2n) is 6.18. The zero-order valence-corrected chi connectivity index (χ0v) is 17.1. The molecule has 1 aromatic heterocycles. The zero-order valence-electron chi connectivity index (χ0n) is 16.3. The van der Waals surface area contributed by atoms with Crippen molar-refractivity contribution in [3.8, 4) is 0 Å². The van der Waals surface area contributed by atoms with Gasteiger partial charge < -0.3 is 14.5 Å². The maximum atomic E-state index is 13.0. The first-order valence-corrected chi connectivity index (χ1v) is 10.0. The smallest absolute Gasteiger partial charge is 0.354 e. The summed E-state index contributed by atoms with van der Waals surface area (Å²) in [7, 11) is -1.18. The van der Waals surface area contributed by atoms with E-state index in [-0.39, 0.29) is 35.8 Å². The molecular weight excluding hydrogens is 384 g/mol. The Labute approximate surface area is 164 Å². The van der Waals surface area contributed by atoms with E-state index in [1.165, 1.54) is 26.4 Å². The van der Waals surface area contributed by atoms with Crippen LogP contribution in [0.4, 0.5) is 0 Å². The first kappa shape index (κ1) is 21.8. The average Bonchev–Trinajstić information content (AvgIpc) is 2.99. The zero-order chi connectivity index (χ0) is 20.9. The summed E-state index contributed by atoms with van der Waals surface area (Å²) in [5.74, 6) is -1.01. The number of ketones is 1. The summed E-state index contributed by atoms with van der Waals surface area (Å²) in [6.45, 7) is 3.05. The van der Waals surface area contributed by atoms with Crippen molar-refractivity contribution in [3.05, 3.63) is 52.8 Å². The predicted octanol–water partition coefficient (Wildman–Crippen LogP) is 1.94. The number of benzene rings is 1. The van der Waals surface area contributed by atoms with Crippen LogP contribution in [0.15, 0.2) is 35.2 Å². The number of aromatic amines is 1. The Morgan fingerprint density at radius 1 is 1.11 bits per heavy atom. The number of carbonyl (C=O) groups is 2. The third-order valence-corrected chi connectivity index (χ3v) is 6.21. The van der Waals surface area contributed by atoms with E-state index in [4.69, 9.17) is 9.47 Å². The maximum Gasteiger partial charge on any atom is 0.354 e. The SMILES string of the molecule is COCCN(CC(=O)c1c(C)[nH]c(C(=O)OC)c1C)S(=O)(=O)c1ccccc1. The number of H-pyrrole nitrogens is 1. The summed E-state index contributed by atoms with van der Waals surface area (Å²) < 4.78 is 36.7. The normalized spacial score (nSPS) is 11.6. The molecule has 152 valence electrons. The number of aryl methyl sites for hydroxylation is 1. The van der Waals surface area contributed by atoms with Gasteiger partial charge in [0.05, 0.1) is 25.2 Å². The monoisotopic (exact) mass is 408 g/mol. The fraction of sp³-hybridized carbons (Fsp3) is 0.368. The van der Waals surface area contributed by atoms with Gasteiger partial charge in [0.15, 0.2) is 5.78 Å². The van der Waals surface area contributed by atoms with Gasteiger partial charge in [0.25, 0.3) is 0 Å². The van der Waals surface area contributed by atoms with E-state index in [1.807, 2.05) is 0 Å². The van der Waals surface area contributed by atoms with E-state index in [0.29, 0.717) is 11.3 Å². The molecule has 2 aromatic rings. The first-order valence-electron chi connectivity index (χ1n) is 8.58. The summed E-state index contributed by atoms with van der Waals surface area (Å²) in [5.41, 5.74) is 1.37. The van der Waals surface area contributed by atoms with Crippen LogP contribution >= 0.6 is 0 Å². The van der Waals surface area contributed by atoms with Crippen LogP contribution in [-0.4, -0.2) is 63.4 Å². The highest BCUT2D eigenvalue weighted by molar-refractivity contribution is 7.89. The van der Waals surface area contributed by atoms with Crippen molar-refractivity contribution in [1.82, 2.24) is 9.29 Å². The van der Waals surface area contributed by atoms with Crippen molar-refractivity contribution in [2.24, 2.45) is 0 Å². The minimum absolute atomic E-state index is 0.0197. The van der Waals surface area contributed by atoms with Gasteiger partial charge in [0, 0.05) is 24.9 Å². The van der Waals surface area contributed by atoms with Gasteiger partial charge in [-0.25, -0.2) is 13.2 Å². The minimum Gasteiger partial charge on any atom is -0.464 e. The van der Waals surface area contributed by atoms with Crippen LogP contribution in [0.2, 0.25) is 0 Å². The van der Waals surface area contributed by atoms with Crippen molar-refractivity contribution in [1.29, 1.82) is 0 Å². The number of methoxy groups -OCH3 is 2. The molecule has 2 rings (SSSR count). The minimum atomic E-state index is -3.89. The Morgan fingerprint density at radius 3 is 2.32 bits per heavy atom. The van der Waals surface area contributed by atoms with Gasteiger partial charge in [0.1, 0.15) is 5.69 Å². The molecule has 0 aliphatic heterocycles. The number of nitrogens with one attached hydrogen (secondary N) is 1. The van der Waals surface area contributed by atoms with Crippen LogP contribution in [0.5, 0.6) is 0 Å². The highest BCUT2D eigenvalue weighted by atomic mass is 32.2. The molecule has 0 spiro atoms. The van der Waals surface area contributed by atoms with Crippen molar-refractivity contribution in [2.45, 2.75) is 18.7 Å². The fourth-order valence-electron chi connectivity index (χ4n) is 2.93. The molecule has 0 aliphatic rings. The molecule has 0 unspecified atom stereocenters. The maximum absolute atomic E-state index is 13.0. The standard InChI is InChI=1S/C19H24N2O6S/c1-13-17(14(2)20-18(13)19(23)27-4)16(22)12-21(10-11-26-3)28(24,25)15-8-6-5-7-9-15/h5-9,20H,10-12H2,1-4H3. The van der Waals surface area contributed by atoms with Gasteiger partial charge in [-0.05, 0) is 31.5 Å². The molecule has 0 bridgehead atoms. The lowest BCUT2D eigenvalue weighted by Gasteiger charge is -2.21. The Hall–Kier alpha value is -2.49. The molecule has 0 radical (unpaired) electrons. The molecule has 1 aromatic carbocycles. The summed E-state index contributed by atoms with van der Waals surface area (Å²) in [6.07, 6.45) is 0. The van der Waals surface area contributed by atoms with Crippen molar-refractivity contribution in [3.63, 3.8) is 0 Å². The third kappa shape index (κ3) is 4.49. The topological polar surface area (TPSA) is 106 Å². The highest BCUT2D eigenvalue weighted by Crippen LogP contribution is 2.21. The Bertz CT molecular complexity index is 950. The molecule has 0 fully saturated rings. The van der Waals surface area contributed by atoms with E-state index in [2.05, 4.69) is 4.98 Å². The van der Waals surface area contributed by atoms with Gasteiger partial charge in [0.2, 0.25) is 10.0 Å². The van der Waals surface area contributed by atoms with Crippen LogP contribution < -0.4 is 0 Å². The molecule has 0 saturated heterocycles. The number of Topliss-reactive ketones (excluding diaryl/α,β-unsaturated/α-hetero) is 1. The number of hydrogen-bond acceptors (Lipinski definition) is 6. The molecule has 28 heavy (non-hydrogen) atoms. The molecule has 1 N–H and O–H groups in total. The van der Waals surface area contributed by atoms with Crippen molar-refractivity contribution in [2.75, 3.05) is 33.9 Å². The number of esters is 1. The van der Waals surface area contributed by atoms with Crippen LogP contribution in [0.25, 0.3) is 0 Å². The van der Waals surface area contributed by atoms with E-state index in [1.54, 1.807) is 32.0 Å². The van der Waals surface area contributed by atoms with E-state index < -0.39 is 21.8 Å². The molecule has 0 saturated carbocycles. The summed E-state index contributed by atoms with van der Waals surface area (Å²) in [5, 5.41) is 0. The summed E-state index contributed by atoms with van der Waals surface area (Å²) in [6, 6.07) is 7.90. The van der Waals surface area contributed by atoms with Crippen LogP contribution in [-0.2, 0) is 19.5 Å². The number of aromatic nitrogens is 1. The summed E-state index contributed by atoms with van der Waals surface area (Å²) >= 11 is 0. The molecule has 9 heteroatoms. The second-order valence-corrected chi connectivity index (χ2v) is 8.12. The van der Waals surface area contributed by atoms with Gasteiger partial charge in [-0.3, -0.25) is 4.79 Å². The molecule has 0 atom stereocenters. The molecule has 1 heterocycles. The lowest BCUT2D eigenvalue weighted by molar-refractivity contribution is 0.0594. The Kier molecular flexibility index (Phi) is 7.11.